The highest BCUT2D eigenvalue weighted by molar-refractivity contribution is 6.31. The molecule has 1 aromatic heterocycles. The molecule has 0 spiro atoms. The first-order valence-corrected chi connectivity index (χ1v) is 5.08. The number of rotatable bonds is 2. The number of alkyl halides is 3. The number of nitrogens with zero attached hydrogens (tertiary/aromatic N) is 2. The number of aromatic nitrogens is 2. The van der Waals surface area contributed by atoms with Crippen molar-refractivity contribution in [2.45, 2.75) is 13.3 Å². The van der Waals surface area contributed by atoms with Gasteiger partial charge >= 0.3 is 6.36 Å². The largest absolute Gasteiger partial charge is 0.573 e. The second-order valence-electron chi connectivity index (χ2n) is 3.37. The highest BCUT2D eigenvalue weighted by Crippen LogP contribution is 2.30. The first-order valence-electron chi connectivity index (χ1n) is 4.70. The summed E-state index contributed by atoms with van der Waals surface area (Å²) < 4.78 is 44.9. The van der Waals surface area contributed by atoms with Crippen LogP contribution in [0, 0.1) is 6.92 Å². The van der Waals surface area contributed by atoms with Gasteiger partial charge in [0, 0.05) is 10.6 Å². The minimum atomic E-state index is -4.79. The number of benzene rings is 1. The van der Waals surface area contributed by atoms with E-state index in [-0.39, 0.29) is 16.5 Å². The summed E-state index contributed by atoms with van der Waals surface area (Å²) in [6.45, 7) is 1.59. The van der Waals surface area contributed by atoms with Gasteiger partial charge in [-0.2, -0.15) is 4.98 Å². The number of hydrogen-bond acceptors (Lipinski definition) is 4. The quantitative estimate of drug-likeness (QED) is 0.842. The Morgan fingerprint density at radius 1 is 1.28 bits per heavy atom. The highest BCUT2D eigenvalue weighted by atomic mass is 35.5. The van der Waals surface area contributed by atoms with Gasteiger partial charge in [-0.25, -0.2) is 0 Å². The van der Waals surface area contributed by atoms with E-state index in [1.54, 1.807) is 6.92 Å². The van der Waals surface area contributed by atoms with Gasteiger partial charge in [0.1, 0.15) is 5.75 Å². The molecular formula is C10H6ClF3N2O2. The average Bonchev–Trinajstić information content (AvgIpc) is 2.61. The standard InChI is InChI=1S/C10H6ClF3N2O2/c1-5-15-9(18-16-5)6-2-7(11)4-8(3-6)17-10(12,13)14/h2-4H,1H3. The van der Waals surface area contributed by atoms with Gasteiger partial charge in [0.05, 0.1) is 0 Å². The van der Waals surface area contributed by atoms with Crippen LogP contribution in [0.15, 0.2) is 22.7 Å². The smallest absolute Gasteiger partial charge is 0.406 e. The third kappa shape index (κ3) is 3.13. The van der Waals surface area contributed by atoms with Crippen molar-refractivity contribution in [1.29, 1.82) is 0 Å². The molecule has 0 aliphatic heterocycles. The van der Waals surface area contributed by atoms with Crippen LogP contribution in [0.5, 0.6) is 5.75 Å². The second kappa shape index (κ2) is 4.49. The Hall–Kier alpha value is -1.76. The lowest BCUT2D eigenvalue weighted by Crippen LogP contribution is -2.17. The Labute approximate surface area is 104 Å². The number of hydrogen-bond donors (Lipinski definition) is 0. The zero-order chi connectivity index (χ0) is 13.3. The first kappa shape index (κ1) is 12.7. The molecular weight excluding hydrogens is 273 g/mol. The molecule has 96 valence electrons. The minimum absolute atomic E-state index is 0.0713. The fraction of sp³-hybridized carbons (Fsp3) is 0.200. The fourth-order valence-corrected chi connectivity index (χ4v) is 1.52. The lowest BCUT2D eigenvalue weighted by molar-refractivity contribution is -0.274. The van der Waals surface area contributed by atoms with Gasteiger partial charge in [-0.3, -0.25) is 0 Å². The van der Waals surface area contributed by atoms with Crippen LogP contribution in [0.25, 0.3) is 11.5 Å². The normalized spacial score (nSPS) is 11.6. The molecule has 0 fully saturated rings. The summed E-state index contributed by atoms with van der Waals surface area (Å²) in [5.41, 5.74) is 0.252. The summed E-state index contributed by atoms with van der Waals surface area (Å²) in [4.78, 5) is 3.89. The molecule has 2 rings (SSSR count). The van der Waals surface area contributed by atoms with E-state index in [4.69, 9.17) is 16.1 Å². The molecule has 0 atom stereocenters. The van der Waals surface area contributed by atoms with E-state index in [2.05, 4.69) is 14.9 Å². The highest BCUT2D eigenvalue weighted by Gasteiger charge is 2.31. The van der Waals surface area contributed by atoms with Crippen LogP contribution < -0.4 is 4.74 Å². The molecule has 1 aromatic carbocycles. The summed E-state index contributed by atoms with van der Waals surface area (Å²) in [5, 5.41) is 3.61. The second-order valence-corrected chi connectivity index (χ2v) is 3.81. The SMILES string of the molecule is Cc1noc(-c2cc(Cl)cc(OC(F)(F)F)c2)n1. The van der Waals surface area contributed by atoms with Gasteiger partial charge in [0.15, 0.2) is 5.82 Å². The van der Waals surface area contributed by atoms with Gasteiger partial charge in [-0.05, 0) is 25.1 Å². The van der Waals surface area contributed by atoms with Gasteiger partial charge in [0.25, 0.3) is 5.89 Å². The third-order valence-corrected chi connectivity index (χ3v) is 2.10. The van der Waals surface area contributed by atoms with Crippen LogP contribution in [0.2, 0.25) is 5.02 Å². The van der Waals surface area contributed by atoms with Crippen molar-refractivity contribution < 1.29 is 22.4 Å². The molecule has 8 heteroatoms. The average molecular weight is 279 g/mol. The lowest BCUT2D eigenvalue weighted by atomic mass is 10.2. The van der Waals surface area contributed by atoms with E-state index in [0.29, 0.717) is 5.82 Å². The molecule has 0 aliphatic carbocycles. The predicted molar refractivity (Wildman–Crippen MR) is 56.2 cm³/mol. The molecule has 18 heavy (non-hydrogen) atoms. The van der Waals surface area contributed by atoms with Crippen molar-refractivity contribution in [2.24, 2.45) is 0 Å². The lowest BCUT2D eigenvalue weighted by Gasteiger charge is -2.09. The number of aryl methyl sites for hydroxylation is 1. The van der Waals surface area contributed by atoms with Crippen LogP contribution in [0.4, 0.5) is 13.2 Å². The summed E-state index contributed by atoms with van der Waals surface area (Å²) in [6.07, 6.45) is -4.79. The summed E-state index contributed by atoms with van der Waals surface area (Å²) >= 11 is 5.70. The van der Waals surface area contributed by atoms with Crippen LogP contribution in [0.3, 0.4) is 0 Å². The summed E-state index contributed by atoms with van der Waals surface area (Å²) in [5.74, 6) is -0.00820. The molecule has 0 bridgehead atoms. The monoisotopic (exact) mass is 278 g/mol. The van der Waals surface area contributed by atoms with E-state index in [1.807, 2.05) is 0 Å². The summed E-state index contributed by atoms with van der Waals surface area (Å²) in [6, 6.07) is 3.56. The minimum Gasteiger partial charge on any atom is -0.406 e. The van der Waals surface area contributed by atoms with E-state index in [9.17, 15) is 13.2 Å². The van der Waals surface area contributed by atoms with Gasteiger partial charge in [0.2, 0.25) is 0 Å². The van der Waals surface area contributed by atoms with Crippen molar-refractivity contribution in [3.05, 3.63) is 29.0 Å². The summed E-state index contributed by atoms with van der Waals surface area (Å²) in [7, 11) is 0. The van der Waals surface area contributed by atoms with Gasteiger partial charge in [-0.15, -0.1) is 13.2 Å². The zero-order valence-electron chi connectivity index (χ0n) is 8.95. The molecule has 2 aromatic rings. The maximum Gasteiger partial charge on any atom is 0.573 e. The Morgan fingerprint density at radius 2 is 2.00 bits per heavy atom. The fourth-order valence-electron chi connectivity index (χ4n) is 1.29. The molecule has 0 saturated carbocycles. The van der Waals surface area contributed by atoms with E-state index < -0.39 is 12.1 Å². The molecule has 0 N–H and O–H groups in total. The number of halogens is 4. The zero-order valence-corrected chi connectivity index (χ0v) is 9.71. The maximum atomic E-state index is 12.1. The molecule has 0 saturated heterocycles. The van der Waals surface area contributed by atoms with Gasteiger partial charge < -0.3 is 9.26 Å². The Kier molecular flexibility index (Phi) is 3.16. The molecule has 4 nitrogen and oxygen atoms in total. The van der Waals surface area contributed by atoms with Crippen LogP contribution in [0.1, 0.15) is 5.82 Å². The van der Waals surface area contributed by atoms with Crippen LogP contribution in [-0.4, -0.2) is 16.5 Å². The predicted octanol–water partition coefficient (Wildman–Crippen LogP) is 3.60. The Morgan fingerprint density at radius 3 is 2.56 bits per heavy atom. The van der Waals surface area contributed by atoms with E-state index in [0.717, 1.165) is 12.1 Å². The van der Waals surface area contributed by atoms with Crippen molar-refractivity contribution in [3.8, 4) is 17.2 Å². The van der Waals surface area contributed by atoms with Crippen molar-refractivity contribution in [2.75, 3.05) is 0 Å². The van der Waals surface area contributed by atoms with E-state index in [1.165, 1.54) is 6.07 Å². The third-order valence-electron chi connectivity index (χ3n) is 1.88. The molecule has 0 amide bonds. The van der Waals surface area contributed by atoms with Crippen molar-refractivity contribution in [1.82, 2.24) is 10.1 Å². The molecule has 0 aliphatic rings. The Bertz CT molecular complexity index is 568. The van der Waals surface area contributed by atoms with Crippen LogP contribution in [-0.2, 0) is 0 Å². The van der Waals surface area contributed by atoms with Gasteiger partial charge in [-0.1, -0.05) is 16.8 Å². The van der Waals surface area contributed by atoms with Crippen molar-refractivity contribution >= 4 is 11.6 Å². The van der Waals surface area contributed by atoms with E-state index >= 15 is 0 Å². The molecule has 1 heterocycles. The first-order chi connectivity index (χ1) is 8.33. The van der Waals surface area contributed by atoms with Crippen molar-refractivity contribution in [3.63, 3.8) is 0 Å². The molecule has 0 radical (unpaired) electrons. The Balaban J connectivity index is 2.38. The van der Waals surface area contributed by atoms with Crippen LogP contribution >= 0.6 is 11.6 Å². The topological polar surface area (TPSA) is 48.2 Å². The number of ether oxygens (including phenoxy) is 1. The molecule has 0 unspecified atom stereocenters. The maximum absolute atomic E-state index is 12.1.